The van der Waals surface area contributed by atoms with Crippen LogP contribution in [0.4, 0.5) is 0 Å². The van der Waals surface area contributed by atoms with Gasteiger partial charge in [0, 0.05) is 25.8 Å². The first-order valence-corrected chi connectivity index (χ1v) is 6.53. The van der Waals surface area contributed by atoms with Crippen LogP contribution in [-0.4, -0.2) is 20.5 Å². The van der Waals surface area contributed by atoms with E-state index in [0.717, 1.165) is 44.5 Å². The molecule has 0 unspecified atom stereocenters. The number of carbonyl (C=O) groups excluding carboxylic acids is 1. The van der Waals surface area contributed by atoms with E-state index >= 15 is 0 Å². The molecule has 0 aliphatic heterocycles. The van der Waals surface area contributed by atoms with Crippen molar-refractivity contribution in [3.63, 3.8) is 0 Å². The third-order valence-electron chi connectivity index (χ3n) is 3.37. The minimum Gasteiger partial charge on any atom is -0.300 e. The summed E-state index contributed by atoms with van der Waals surface area (Å²) in [5.74, 6) is 2.70. The highest BCUT2D eigenvalue weighted by molar-refractivity contribution is 5.79. The van der Waals surface area contributed by atoms with Crippen molar-refractivity contribution < 1.29 is 4.79 Å². The van der Waals surface area contributed by atoms with Gasteiger partial charge in [0.15, 0.2) is 0 Å². The van der Waals surface area contributed by atoms with Gasteiger partial charge in [-0.2, -0.15) is 5.10 Å². The summed E-state index contributed by atoms with van der Waals surface area (Å²) in [6, 6.07) is 0. The third kappa shape index (κ3) is 3.38. The SMILES string of the molecule is CC(C)Cn1ncnc1CC1CCC(=O)CC1. The minimum absolute atomic E-state index is 0.421. The summed E-state index contributed by atoms with van der Waals surface area (Å²) < 4.78 is 2.01. The largest absolute Gasteiger partial charge is 0.300 e. The fourth-order valence-electron chi connectivity index (χ4n) is 2.41. The lowest BCUT2D eigenvalue weighted by atomic mass is 9.86. The molecule has 17 heavy (non-hydrogen) atoms. The van der Waals surface area contributed by atoms with Gasteiger partial charge in [-0.3, -0.25) is 4.79 Å². The molecule has 1 aromatic heterocycles. The first-order valence-electron chi connectivity index (χ1n) is 6.53. The van der Waals surface area contributed by atoms with E-state index in [2.05, 4.69) is 23.9 Å². The van der Waals surface area contributed by atoms with E-state index in [1.165, 1.54) is 0 Å². The summed E-state index contributed by atoms with van der Waals surface area (Å²) in [4.78, 5) is 15.5. The van der Waals surface area contributed by atoms with Crippen LogP contribution >= 0.6 is 0 Å². The minimum atomic E-state index is 0.421. The Labute approximate surface area is 102 Å². The molecule has 94 valence electrons. The summed E-state index contributed by atoms with van der Waals surface area (Å²) in [5, 5.41) is 4.28. The fourth-order valence-corrected chi connectivity index (χ4v) is 2.41. The predicted octanol–water partition coefficient (Wildman–Crippen LogP) is 2.24. The average molecular weight is 235 g/mol. The molecule has 0 bridgehead atoms. The van der Waals surface area contributed by atoms with Gasteiger partial charge < -0.3 is 0 Å². The van der Waals surface area contributed by atoms with Crippen molar-refractivity contribution >= 4 is 5.78 Å². The van der Waals surface area contributed by atoms with Crippen molar-refractivity contribution in [3.05, 3.63) is 12.2 Å². The van der Waals surface area contributed by atoms with Crippen LogP contribution in [-0.2, 0) is 17.8 Å². The molecule has 0 radical (unpaired) electrons. The predicted molar refractivity (Wildman–Crippen MR) is 65.5 cm³/mol. The number of rotatable bonds is 4. The van der Waals surface area contributed by atoms with E-state index in [1.54, 1.807) is 6.33 Å². The Balaban J connectivity index is 1.94. The molecule has 0 spiro atoms. The van der Waals surface area contributed by atoms with Gasteiger partial charge in [0.05, 0.1) is 0 Å². The number of ketones is 1. The van der Waals surface area contributed by atoms with Crippen LogP contribution in [0, 0.1) is 11.8 Å². The molecule has 0 amide bonds. The molecule has 2 rings (SSSR count). The van der Waals surface area contributed by atoms with E-state index in [4.69, 9.17) is 0 Å². The van der Waals surface area contributed by atoms with Crippen LogP contribution in [0.5, 0.6) is 0 Å². The summed E-state index contributed by atoms with van der Waals surface area (Å²) >= 11 is 0. The summed E-state index contributed by atoms with van der Waals surface area (Å²) in [7, 11) is 0. The van der Waals surface area contributed by atoms with Crippen LogP contribution < -0.4 is 0 Å². The van der Waals surface area contributed by atoms with Gasteiger partial charge in [-0.1, -0.05) is 13.8 Å². The number of Topliss-reactive ketones (excluding diaryl/α,β-unsaturated/α-hetero) is 1. The van der Waals surface area contributed by atoms with Crippen LogP contribution in [0.1, 0.15) is 45.4 Å². The van der Waals surface area contributed by atoms with E-state index in [1.807, 2.05) is 4.68 Å². The highest BCUT2D eigenvalue weighted by atomic mass is 16.1. The van der Waals surface area contributed by atoms with Crippen LogP contribution in [0.15, 0.2) is 6.33 Å². The Morgan fingerprint density at radius 2 is 2.12 bits per heavy atom. The standard InChI is InChI=1S/C13H21N3O/c1-10(2)8-16-13(14-9-15-16)7-11-3-5-12(17)6-4-11/h9-11H,3-8H2,1-2H3. The number of hydrogen-bond acceptors (Lipinski definition) is 3. The van der Waals surface area contributed by atoms with E-state index < -0.39 is 0 Å². The molecule has 0 saturated heterocycles. The molecule has 0 aromatic carbocycles. The molecule has 1 aromatic rings. The van der Waals surface area contributed by atoms with Gasteiger partial charge in [-0.25, -0.2) is 9.67 Å². The maximum absolute atomic E-state index is 11.2. The first-order chi connectivity index (χ1) is 8.15. The molecule has 1 heterocycles. The molecule has 0 atom stereocenters. The van der Waals surface area contributed by atoms with Gasteiger partial charge in [0.1, 0.15) is 17.9 Å². The lowest BCUT2D eigenvalue weighted by Crippen LogP contribution is -2.19. The normalized spacial score (nSPS) is 17.9. The van der Waals surface area contributed by atoms with Crippen molar-refractivity contribution in [1.29, 1.82) is 0 Å². The zero-order valence-corrected chi connectivity index (χ0v) is 10.7. The van der Waals surface area contributed by atoms with Gasteiger partial charge in [-0.15, -0.1) is 0 Å². The maximum Gasteiger partial charge on any atom is 0.138 e. The van der Waals surface area contributed by atoms with E-state index in [9.17, 15) is 4.79 Å². The number of nitrogens with zero attached hydrogens (tertiary/aromatic N) is 3. The van der Waals surface area contributed by atoms with Crippen molar-refractivity contribution in [2.45, 2.75) is 52.5 Å². The quantitative estimate of drug-likeness (QED) is 0.804. The number of hydrogen-bond donors (Lipinski definition) is 0. The molecule has 0 N–H and O–H groups in total. The first kappa shape index (κ1) is 12.3. The van der Waals surface area contributed by atoms with Crippen molar-refractivity contribution in [3.8, 4) is 0 Å². The van der Waals surface area contributed by atoms with E-state index in [0.29, 0.717) is 17.6 Å². The molecule has 4 heteroatoms. The molecule has 1 aliphatic carbocycles. The highest BCUT2D eigenvalue weighted by Gasteiger charge is 2.20. The molecule has 4 nitrogen and oxygen atoms in total. The topological polar surface area (TPSA) is 47.8 Å². The van der Waals surface area contributed by atoms with Crippen LogP contribution in [0.25, 0.3) is 0 Å². The van der Waals surface area contributed by atoms with E-state index in [-0.39, 0.29) is 0 Å². The Hall–Kier alpha value is -1.19. The summed E-state index contributed by atoms with van der Waals surface area (Å²) in [6.45, 7) is 5.30. The second-order valence-corrected chi connectivity index (χ2v) is 5.44. The van der Waals surface area contributed by atoms with Gasteiger partial charge >= 0.3 is 0 Å². The Morgan fingerprint density at radius 3 is 2.76 bits per heavy atom. The molecule has 1 aliphatic rings. The molecule has 1 saturated carbocycles. The second-order valence-electron chi connectivity index (χ2n) is 5.44. The summed E-state index contributed by atoms with van der Waals surface area (Å²) in [5.41, 5.74) is 0. The second kappa shape index (κ2) is 5.43. The third-order valence-corrected chi connectivity index (χ3v) is 3.37. The number of carbonyl (C=O) groups is 1. The van der Waals surface area contributed by atoms with Gasteiger partial charge in [0.25, 0.3) is 0 Å². The van der Waals surface area contributed by atoms with Gasteiger partial charge in [-0.05, 0) is 24.7 Å². The van der Waals surface area contributed by atoms with Crippen LogP contribution in [0.3, 0.4) is 0 Å². The number of aromatic nitrogens is 3. The van der Waals surface area contributed by atoms with Gasteiger partial charge in [0.2, 0.25) is 0 Å². The average Bonchev–Trinajstić information content (AvgIpc) is 2.68. The lowest BCUT2D eigenvalue weighted by Gasteiger charge is -2.20. The van der Waals surface area contributed by atoms with Crippen LogP contribution in [0.2, 0.25) is 0 Å². The monoisotopic (exact) mass is 235 g/mol. The zero-order valence-electron chi connectivity index (χ0n) is 10.7. The Kier molecular flexibility index (Phi) is 3.92. The fraction of sp³-hybridized carbons (Fsp3) is 0.769. The van der Waals surface area contributed by atoms with Crippen molar-refractivity contribution in [1.82, 2.24) is 14.8 Å². The zero-order chi connectivity index (χ0) is 12.3. The smallest absolute Gasteiger partial charge is 0.138 e. The Morgan fingerprint density at radius 1 is 1.41 bits per heavy atom. The van der Waals surface area contributed by atoms with Crippen molar-refractivity contribution in [2.75, 3.05) is 0 Å². The lowest BCUT2D eigenvalue weighted by molar-refractivity contribution is -0.121. The Bertz CT molecular complexity index is 374. The molecular weight excluding hydrogens is 214 g/mol. The highest BCUT2D eigenvalue weighted by Crippen LogP contribution is 2.24. The molecule has 1 fully saturated rings. The summed E-state index contributed by atoms with van der Waals surface area (Å²) in [6.07, 6.45) is 6.17. The molecular formula is C13H21N3O. The van der Waals surface area contributed by atoms with Crippen molar-refractivity contribution in [2.24, 2.45) is 11.8 Å². The maximum atomic E-state index is 11.2.